The Kier molecular flexibility index (Phi) is 6.80. The molecule has 0 bridgehead atoms. The van der Waals surface area contributed by atoms with Crippen LogP contribution in [0.4, 0.5) is 0 Å². The van der Waals surface area contributed by atoms with Gasteiger partial charge in [-0.3, -0.25) is 9.67 Å². The lowest BCUT2D eigenvalue weighted by Gasteiger charge is -2.21. The van der Waals surface area contributed by atoms with E-state index >= 15 is 0 Å². The molecule has 0 fully saturated rings. The van der Waals surface area contributed by atoms with E-state index in [0.29, 0.717) is 17.8 Å². The van der Waals surface area contributed by atoms with Gasteiger partial charge in [-0.15, -0.1) is 0 Å². The Morgan fingerprint density at radius 1 is 1.16 bits per heavy atom. The molecule has 0 amide bonds. The molecular weight excluding hydrogens is 428 g/mol. The molecule has 0 atom stereocenters. The Morgan fingerprint density at radius 3 is 2.47 bits per heavy atom. The molecule has 8 nitrogen and oxygen atoms in total. The van der Waals surface area contributed by atoms with Gasteiger partial charge in [0.2, 0.25) is 10.0 Å². The summed E-state index contributed by atoms with van der Waals surface area (Å²) in [4.78, 5) is 15.9. The summed E-state index contributed by atoms with van der Waals surface area (Å²) in [5.41, 5.74) is 2.12. The van der Waals surface area contributed by atoms with E-state index < -0.39 is 21.5 Å². The summed E-state index contributed by atoms with van der Waals surface area (Å²) in [5, 5.41) is 13.4. The van der Waals surface area contributed by atoms with E-state index in [-0.39, 0.29) is 10.6 Å². The number of aromatic nitrogens is 3. The molecule has 0 radical (unpaired) electrons. The predicted octanol–water partition coefficient (Wildman–Crippen LogP) is 3.72. The molecule has 9 heteroatoms. The lowest BCUT2D eigenvalue weighted by Crippen LogP contribution is -2.40. The highest BCUT2D eigenvalue weighted by molar-refractivity contribution is 7.89. The fraction of sp³-hybridized carbons (Fsp3) is 0.348. The SMILES string of the molecule is CCCc1cc(C(=O)O)nn1Cc1ccc(-c2ccccc2S(=O)(=O)NC(C)(C)C)nc1. The molecule has 0 aliphatic rings. The van der Waals surface area contributed by atoms with Gasteiger partial charge < -0.3 is 5.11 Å². The summed E-state index contributed by atoms with van der Waals surface area (Å²) in [6.07, 6.45) is 3.25. The zero-order chi connectivity index (χ0) is 23.5. The van der Waals surface area contributed by atoms with Crippen LogP contribution < -0.4 is 4.72 Å². The van der Waals surface area contributed by atoms with E-state index in [0.717, 1.165) is 24.1 Å². The summed E-state index contributed by atoms with van der Waals surface area (Å²) >= 11 is 0. The maximum Gasteiger partial charge on any atom is 0.356 e. The van der Waals surface area contributed by atoms with Gasteiger partial charge in [0.15, 0.2) is 5.69 Å². The summed E-state index contributed by atoms with van der Waals surface area (Å²) in [6.45, 7) is 7.77. The van der Waals surface area contributed by atoms with E-state index in [4.69, 9.17) is 0 Å². The number of hydrogen-bond acceptors (Lipinski definition) is 5. The first-order valence-electron chi connectivity index (χ1n) is 10.4. The number of hydrogen-bond donors (Lipinski definition) is 2. The Morgan fingerprint density at radius 2 is 1.88 bits per heavy atom. The molecule has 0 aliphatic carbocycles. The minimum absolute atomic E-state index is 0.0171. The average molecular weight is 457 g/mol. The Hall–Kier alpha value is -3.04. The molecule has 2 aromatic heterocycles. The van der Waals surface area contributed by atoms with Crippen LogP contribution in [0.1, 0.15) is 55.9 Å². The minimum atomic E-state index is -3.73. The molecule has 1 aromatic carbocycles. The van der Waals surface area contributed by atoms with Gasteiger partial charge in [0.25, 0.3) is 0 Å². The fourth-order valence-electron chi connectivity index (χ4n) is 3.38. The van der Waals surface area contributed by atoms with Crippen molar-refractivity contribution in [3.05, 3.63) is 65.6 Å². The van der Waals surface area contributed by atoms with Crippen molar-refractivity contribution in [1.29, 1.82) is 0 Å². The van der Waals surface area contributed by atoms with Crippen LogP contribution in [-0.2, 0) is 23.0 Å². The van der Waals surface area contributed by atoms with Crippen LogP contribution in [0.15, 0.2) is 53.6 Å². The first-order chi connectivity index (χ1) is 15.0. The van der Waals surface area contributed by atoms with Crippen molar-refractivity contribution >= 4 is 16.0 Å². The van der Waals surface area contributed by atoms with E-state index in [1.54, 1.807) is 68.0 Å². The first-order valence-corrected chi connectivity index (χ1v) is 11.9. The van der Waals surface area contributed by atoms with Gasteiger partial charge in [-0.2, -0.15) is 5.10 Å². The van der Waals surface area contributed by atoms with Gasteiger partial charge in [-0.25, -0.2) is 17.9 Å². The highest BCUT2D eigenvalue weighted by Crippen LogP contribution is 2.27. The van der Waals surface area contributed by atoms with Crippen LogP contribution in [0.2, 0.25) is 0 Å². The molecule has 3 rings (SSSR count). The van der Waals surface area contributed by atoms with Crippen molar-refractivity contribution in [2.45, 2.75) is 57.5 Å². The third-order valence-electron chi connectivity index (χ3n) is 4.64. The smallest absolute Gasteiger partial charge is 0.356 e. The number of carbonyl (C=O) groups is 1. The van der Waals surface area contributed by atoms with E-state index in [1.165, 1.54) is 0 Å². The number of pyridine rings is 1. The number of benzene rings is 1. The maximum absolute atomic E-state index is 12.9. The molecule has 3 aromatic rings. The van der Waals surface area contributed by atoms with Gasteiger partial charge in [-0.05, 0) is 51.0 Å². The molecule has 2 heterocycles. The molecule has 0 spiro atoms. The molecule has 32 heavy (non-hydrogen) atoms. The number of nitrogens with one attached hydrogen (secondary N) is 1. The van der Waals surface area contributed by atoms with Crippen LogP contribution in [0.3, 0.4) is 0 Å². The summed E-state index contributed by atoms with van der Waals surface area (Å²) in [6, 6.07) is 12.0. The van der Waals surface area contributed by atoms with Crippen LogP contribution in [0.25, 0.3) is 11.3 Å². The fourth-order valence-corrected chi connectivity index (χ4v) is 5.01. The van der Waals surface area contributed by atoms with Gasteiger partial charge in [0.05, 0.1) is 17.1 Å². The largest absolute Gasteiger partial charge is 0.476 e. The zero-order valence-electron chi connectivity index (χ0n) is 18.7. The predicted molar refractivity (Wildman–Crippen MR) is 122 cm³/mol. The van der Waals surface area contributed by atoms with Gasteiger partial charge in [0, 0.05) is 23.0 Å². The van der Waals surface area contributed by atoms with Crippen molar-refractivity contribution in [1.82, 2.24) is 19.5 Å². The normalized spacial score (nSPS) is 12.1. The van der Waals surface area contributed by atoms with Crippen LogP contribution >= 0.6 is 0 Å². The zero-order valence-corrected chi connectivity index (χ0v) is 19.5. The summed E-state index contributed by atoms with van der Waals surface area (Å²) in [5.74, 6) is -1.06. The van der Waals surface area contributed by atoms with Crippen molar-refractivity contribution in [3.63, 3.8) is 0 Å². The van der Waals surface area contributed by atoms with E-state index in [1.807, 2.05) is 13.0 Å². The molecule has 2 N–H and O–H groups in total. The Balaban J connectivity index is 1.90. The average Bonchev–Trinajstić information content (AvgIpc) is 3.10. The second-order valence-corrected chi connectivity index (χ2v) is 10.3. The highest BCUT2D eigenvalue weighted by Gasteiger charge is 2.25. The number of aryl methyl sites for hydroxylation is 1. The van der Waals surface area contributed by atoms with Gasteiger partial charge in [-0.1, -0.05) is 37.6 Å². The van der Waals surface area contributed by atoms with Gasteiger partial charge >= 0.3 is 5.97 Å². The highest BCUT2D eigenvalue weighted by atomic mass is 32.2. The topological polar surface area (TPSA) is 114 Å². The van der Waals surface area contributed by atoms with Crippen LogP contribution in [-0.4, -0.2) is 39.8 Å². The second kappa shape index (κ2) is 9.22. The number of nitrogens with zero attached hydrogens (tertiary/aromatic N) is 3. The molecule has 0 saturated heterocycles. The maximum atomic E-state index is 12.9. The van der Waals surface area contributed by atoms with Crippen LogP contribution in [0.5, 0.6) is 0 Å². The van der Waals surface area contributed by atoms with E-state index in [2.05, 4.69) is 14.8 Å². The number of carboxylic acids is 1. The van der Waals surface area contributed by atoms with Gasteiger partial charge in [0.1, 0.15) is 0 Å². The minimum Gasteiger partial charge on any atom is -0.476 e. The van der Waals surface area contributed by atoms with Crippen molar-refractivity contribution in [2.24, 2.45) is 0 Å². The lowest BCUT2D eigenvalue weighted by atomic mass is 10.1. The molecule has 0 unspecified atom stereocenters. The Labute approximate surface area is 188 Å². The molecule has 0 saturated carbocycles. The van der Waals surface area contributed by atoms with E-state index in [9.17, 15) is 18.3 Å². The van der Waals surface area contributed by atoms with Crippen molar-refractivity contribution in [3.8, 4) is 11.3 Å². The molecule has 170 valence electrons. The van der Waals surface area contributed by atoms with Crippen molar-refractivity contribution in [2.75, 3.05) is 0 Å². The van der Waals surface area contributed by atoms with Crippen LogP contribution in [0, 0.1) is 0 Å². The third kappa shape index (κ3) is 5.60. The monoisotopic (exact) mass is 456 g/mol. The summed E-state index contributed by atoms with van der Waals surface area (Å²) < 4.78 is 30.2. The Bertz CT molecular complexity index is 1210. The number of rotatable bonds is 8. The number of carboxylic acid groups (broad SMARTS) is 1. The van der Waals surface area contributed by atoms with Crippen molar-refractivity contribution < 1.29 is 18.3 Å². The third-order valence-corrected chi connectivity index (χ3v) is 6.45. The summed E-state index contributed by atoms with van der Waals surface area (Å²) in [7, 11) is -3.73. The number of aromatic carboxylic acids is 1. The first kappa shape index (κ1) is 23.6. The molecule has 0 aliphatic heterocycles. The molecular formula is C23H28N4O4S. The number of sulfonamides is 1. The lowest BCUT2D eigenvalue weighted by molar-refractivity contribution is 0.0689. The standard InChI is InChI=1S/C23H28N4O4S/c1-5-8-17-13-20(22(28)29)25-27(17)15-16-11-12-19(24-14-16)18-9-6-7-10-21(18)32(30,31)26-23(2,3)4/h6-7,9-14,26H,5,8,15H2,1-4H3,(H,28,29). The quantitative estimate of drug-likeness (QED) is 0.534. The second-order valence-electron chi connectivity index (χ2n) is 8.64.